The summed E-state index contributed by atoms with van der Waals surface area (Å²) in [5.74, 6) is -0.872. The molecule has 0 radical (unpaired) electrons. The zero-order valence-corrected chi connectivity index (χ0v) is 22.0. The van der Waals surface area contributed by atoms with E-state index in [9.17, 15) is 17.9 Å². The van der Waals surface area contributed by atoms with E-state index in [1.54, 1.807) is 5.41 Å². The van der Waals surface area contributed by atoms with Gasteiger partial charge in [-0.1, -0.05) is 29.4 Å². The molecule has 0 unspecified atom stereocenters. The average Bonchev–Trinajstić information content (AvgIpc) is 3.24. The Morgan fingerprint density at radius 3 is 2.60 bits per heavy atom. The third-order valence-electron chi connectivity index (χ3n) is 6.04. The Kier molecular flexibility index (Phi) is 7.61. The molecule has 10 heteroatoms. The van der Waals surface area contributed by atoms with Crippen molar-refractivity contribution in [3.8, 4) is 0 Å². The molecule has 6 nitrogen and oxygen atoms in total. The highest BCUT2D eigenvalue weighted by Gasteiger charge is 2.23. The van der Waals surface area contributed by atoms with Crippen LogP contribution >= 0.6 is 23.4 Å². The zero-order chi connectivity index (χ0) is 25.3. The Morgan fingerprint density at radius 1 is 1.20 bits per heavy atom. The van der Waals surface area contributed by atoms with Gasteiger partial charge in [0.2, 0.25) is 0 Å². The lowest BCUT2D eigenvalue weighted by Gasteiger charge is -2.33. The lowest BCUT2D eigenvalue weighted by molar-refractivity contribution is -0.305. The molecule has 4 rings (SSSR count). The molecular weight excluding hydrogens is 511 g/mol. The number of halogens is 2. The molecule has 0 amide bonds. The number of anilines is 1. The van der Waals surface area contributed by atoms with Crippen molar-refractivity contribution in [3.63, 3.8) is 0 Å². The van der Waals surface area contributed by atoms with E-state index < -0.39 is 15.8 Å². The Morgan fingerprint density at radius 2 is 1.91 bits per heavy atom. The van der Waals surface area contributed by atoms with Crippen LogP contribution in [0.2, 0.25) is 5.02 Å². The van der Waals surface area contributed by atoms with Gasteiger partial charge in [0, 0.05) is 23.7 Å². The maximum atomic E-state index is 13.4. The standard InChI is InChI=1S/C25H26ClFN2O4S2/c1-15-12-16(2)24(29-7-9-33-10-8-29)17(3)19(15)14-22(30)25-21(6-11-34-25)28-35(31,32)23-5-4-18(27)13-20(23)26/h4-6,11-13,30H,7-10,14H2,1-3H3/p-1/b25-22-,28-21+. The molecule has 0 aromatic heterocycles. The maximum absolute atomic E-state index is 13.4. The van der Waals surface area contributed by atoms with Crippen LogP contribution in [0.1, 0.15) is 22.3 Å². The highest BCUT2D eigenvalue weighted by atomic mass is 35.5. The molecule has 2 aliphatic heterocycles. The first-order valence-electron chi connectivity index (χ1n) is 11.0. The van der Waals surface area contributed by atoms with Crippen LogP contribution < -0.4 is 10.0 Å². The minimum atomic E-state index is -4.24. The van der Waals surface area contributed by atoms with Crippen LogP contribution in [0, 0.1) is 26.6 Å². The Bertz CT molecular complexity index is 1360. The molecule has 1 fully saturated rings. The number of hydrogen-bond acceptors (Lipinski definition) is 6. The Labute approximate surface area is 214 Å². The first-order chi connectivity index (χ1) is 16.6. The first-order valence-corrected chi connectivity index (χ1v) is 13.7. The summed E-state index contributed by atoms with van der Waals surface area (Å²) in [6, 6.07) is 5.07. The third-order valence-corrected chi connectivity index (χ3v) is 8.76. The number of aryl methyl sites for hydroxylation is 2. The Hall–Kier alpha value is -2.33. The van der Waals surface area contributed by atoms with Crippen LogP contribution in [0.3, 0.4) is 0 Å². The van der Waals surface area contributed by atoms with Gasteiger partial charge in [0.25, 0.3) is 10.0 Å². The summed E-state index contributed by atoms with van der Waals surface area (Å²) in [5.41, 5.74) is 5.28. The highest BCUT2D eigenvalue weighted by Crippen LogP contribution is 2.35. The second-order valence-corrected chi connectivity index (χ2v) is 11.3. The maximum Gasteiger partial charge on any atom is 0.284 e. The summed E-state index contributed by atoms with van der Waals surface area (Å²) in [7, 11) is -4.24. The number of sulfonamides is 1. The van der Waals surface area contributed by atoms with Crippen molar-refractivity contribution < 1.29 is 22.7 Å². The number of rotatable bonds is 5. The molecule has 0 saturated carbocycles. The minimum absolute atomic E-state index is 0.0520. The zero-order valence-electron chi connectivity index (χ0n) is 19.6. The monoisotopic (exact) mass is 535 g/mol. The topological polar surface area (TPSA) is 82.0 Å². The number of thioether (sulfide) groups is 1. The summed E-state index contributed by atoms with van der Waals surface area (Å²) >= 11 is 7.07. The number of morpholine rings is 1. The molecule has 35 heavy (non-hydrogen) atoms. The molecule has 0 spiro atoms. The molecule has 0 bridgehead atoms. The lowest BCUT2D eigenvalue weighted by atomic mass is 9.93. The fraction of sp³-hybridized carbons (Fsp3) is 0.320. The van der Waals surface area contributed by atoms with Gasteiger partial charge in [0.15, 0.2) is 0 Å². The van der Waals surface area contributed by atoms with E-state index in [-0.39, 0.29) is 32.7 Å². The number of ether oxygens (including phenoxy) is 1. The summed E-state index contributed by atoms with van der Waals surface area (Å²) in [5, 5.41) is 14.7. The fourth-order valence-electron chi connectivity index (χ4n) is 4.45. The van der Waals surface area contributed by atoms with E-state index in [2.05, 4.69) is 22.3 Å². The Balaban J connectivity index is 1.69. The van der Waals surface area contributed by atoms with Gasteiger partial charge in [-0.05, 0) is 79.1 Å². The molecule has 2 aliphatic rings. The number of hydrogen-bond donors (Lipinski definition) is 0. The van der Waals surface area contributed by atoms with Gasteiger partial charge in [-0.2, -0.15) is 12.8 Å². The normalized spacial score (nSPS) is 19.0. The van der Waals surface area contributed by atoms with Gasteiger partial charge in [-0.3, -0.25) is 0 Å². The van der Waals surface area contributed by atoms with Crippen molar-refractivity contribution >= 4 is 44.8 Å². The van der Waals surface area contributed by atoms with E-state index >= 15 is 0 Å². The van der Waals surface area contributed by atoms with Gasteiger partial charge in [-0.15, -0.1) is 5.76 Å². The summed E-state index contributed by atoms with van der Waals surface area (Å²) in [4.78, 5) is 2.22. The highest BCUT2D eigenvalue weighted by molar-refractivity contribution is 8.07. The quantitative estimate of drug-likeness (QED) is 0.526. The second-order valence-electron chi connectivity index (χ2n) is 8.44. The van der Waals surface area contributed by atoms with Crippen LogP contribution in [0.15, 0.2) is 55.7 Å². The van der Waals surface area contributed by atoms with Crippen LogP contribution in [0.4, 0.5) is 10.1 Å². The van der Waals surface area contributed by atoms with Crippen LogP contribution in [-0.4, -0.2) is 40.4 Å². The van der Waals surface area contributed by atoms with E-state index in [1.165, 1.54) is 6.08 Å². The fourth-order valence-corrected chi connectivity index (χ4v) is 6.79. The van der Waals surface area contributed by atoms with Crippen LogP contribution in [0.5, 0.6) is 0 Å². The lowest BCUT2D eigenvalue weighted by Crippen LogP contribution is -2.37. The van der Waals surface area contributed by atoms with Gasteiger partial charge in [-0.25, -0.2) is 4.39 Å². The first kappa shape index (κ1) is 25.8. The average molecular weight is 536 g/mol. The van der Waals surface area contributed by atoms with Crippen molar-refractivity contribution in [2.75, 3.05) is 31.2 Å². The van der Waals surface area contributed by atoms with Crippen molar-refractivity contribution in [1.29, 1.82) is 0 Å². The molecule has 2 aromatic rings. The van der Waals surface area contributed by atoms with E-state index in [4.69, 9.17) is 16.3 Å². The van der Waals surface area contributed by atoms with E-state index in [1.807, 2.05) is 13.8 Å². The van der Waals surface area contributed by atoms with Gasteiger partial charge < -0.3 is 14.7 Å². The molecule has 2 aromatic carbocycles. The molecule has 0 aliphatic carbocycles. The van der Waals surface area contributed by atoms with Crippen LogP contribution in [-0.2, 0) is 21.2 Å². The van der Waals surface area contributed by atoms with Gasteiger partial charge in [0.1, 0.15) is 10.7 Å². The molecule has 0 N–H and O–H groups in total. The van der Waals surface area contributed by atoms with Crippen LogP contribution in [0.25, 0.3) is 0 Å². The largest absolute Gasteiger partial charge is 0.874 e. The van der Waals surface area contributed by atoms with E-state index in [0.29, 0.717) is 13.2 Å². The SMILES string of the molecule is Cc1cc(C)c(N2CCOCC2)c(C)c1C/C([O-])=C1/SC=C/C1=N\S(=O)(=O)c1ccc(F)cc1Cl. The smallest absolute Gasteiger partial charge is 0.284 e. The van der Waals surface area contributed by atoms with Crippen molar-refractivity contribution in [2.45, 2.75) is 32.1 Å². The molecular formula is C25H25ClFN2O4S2-. The predicted molar refractivity (Wildman–Crippen MR) is 137 cm³/mol. The summed E-state index contributed by atoms with van der Waals surface area (Å²) in [6.07, 6.45) is 1.61. The number of allylic oxidation sites excluding steroid dienone is 3. The van der Waals surface area contributed by atoms with E-state index in [0.717, 1.165) is 71.0 Å². The van der Waals surface area contributed by atoms with Crippen molar-refractivity contribution in [2.24, 2.45) is 4.40 Å². The van der Waals surface area contributed by atoms with Gasteiger partial charge in [0.05, 0.1) is 23.9 Å². The summed E-state index contributed by atoms with van der Waals surface area (Å²) < 4.78 is 48.4. The summed E-state index contributed by atoms with van der Waals surface area (Å²) in [6.45, 7) is 8.96. The minimum Gasteiger partial charge on any atom is -0.874 e. The third kappa shape index (κ3) is 5.43. The molecule has 186 valence electrons. The second kappa shape index (κ2) is 10.3. The molecule has 0 atom stereocenters. The molecule has 2 heterocycles. The van der Waals surface area contributed by atoms with Gasteiger partial charge >= 0.3 is 0 Å². The number of nitrogens with zero attached hydrogens (tertiary/aromatic N) is 2. The number of benzene rings is 2. The predicted octanol–water partition coefficient (Wildman–Crippen LogP) is 4.45. The van der Waals surface area contributed by atoms with Crippen molar-refractivity contribution in [1.82, 2.24) is 0 Å². The van der Waals surface area contributed by atoms with Crippen molar-refractivity contribution in [3.05, 3.63) is 79.5 Å². The molecule has 1 saturated heterocycles.